The molecule has 0 aliphatic carbocycles. The number of ether oxygens (including phenoxy) is 1. The Morgan fingerprint density at radius 3 is 2.73 bits per heavy atom. The van der Waals surface area contributed by atoms with Gasteiger partial charge in [0.2, 0.25) is 0 Å². The number of methoxy groups -OCH3 is 1. The van der Waals surface area contributed by atoms with E-state index in [1.54, 1.807) is 14.2 Å². The minimum atomic E-state index is 0. The zero-order valence-electron chi connectivity index (χ0n) is 14.8. The topological polar surface area (TPSA) is 75.8 Å². The zero-order chi connectivity index (χ0) is 17.5. The second kappa shape index (κ2) is 9.95. The molecule has 0 saturated carbocycles. The molecule has 0 saturated heterocycles. The number of benzene rings is 1. The quantitative estimate of drug-likeness (QED) is 0.331. The van der Waals surface area contributed by atoms with E-state index in [1.165, 1.54) is 0 Å². The van der Waals surface area contributed by atoms with Gasteiger partial charge in [-0.1, -0.05) is 24.3 Å². The van der Waals surface area contributed by atoms with Crippen LogP contribution in [0.3, 0.4) is 0 Å². The van der Waals surface area contributed by atoms with Gasteiger partial charge >= 0.3 is 0 Å². The number of fused-ring (bicyclic) bond motifs is 1. The zero-order valence-corrected chi connectivity index (χ0v) is 17.2. The molecular formula is C18H23IN6O. The summed E-state index contributed by atoms with van der Waals surface area (Å²) in [5.41, 5.74) is 2.00. The Hall–Kier alpha value is -2.36. The molecule has 3 rings (SSSR count). The fourth-order valence-electron chi connectivity index (χ4n) is 2.62. The van der Waals surface area contributed by atoms with E-state index in [2.05, 4.69) is 31.9 Å². The molecule has 2 heterocycles. The number of rotatable bonds is 6. The third-order valence-corrected chi connectivity index (χ3v) is 3.90. The average molecular weight is 466 g/mol. The molecule has 0 bridgehead atoms. The summed E-state index contributed by atoms with van der Waals surface area (Å²) in [7, 11) is 3.44. The van der Waals surface area contributed by atoms with Gasteiger partial charge in [-0.2, -0.15) is 0 Å². The fourth-order valence-corrected chi connectivity index (χ4v) is 2.62. The van der Waals surface area contributed by atoms with Gasteiger partial charge in [0.15, 0.2) is 17.4 Å². The number of hydrogen-bond donors (Lipinski definition) is 2. The van der Waals surface area contributed by atoms with Gasteiger partial charge in [0.25, 0.3) is 0 Å². The minimum absolute atomic E-state index is 0. The van der Waals surface area contributed by atoms with Crippen molar-refractivity contribution < 1.29 is 4.74 Å². The van der Waals surface area contributed by atoms with Crippen molar-refractivity contribution in [2.45, 2.75) is 13.0 Å². The molecule has 0 atom stereocenters. The Labute approximate surface area is 169 Å². The number of aromatic nitrogens is 3. The summed E-state index contributed by atoms with van der Waals surface area (Å²) in [4.78, 5) is 4.25. The smallest absolute Gasteiger partial charge is 0.191 e. The predicted octanol–water partition coefficient (Wildman–Crippen LogP) is 2.26. The molecule has 0 amide bonds. The number of halogens is 1. The van der Waals surface area contributed by atoms with Gasteiger partial charge in [0.1, 0.15) is 5.75 Å². The van der Waals surface area contributed by atoms with Gasteiger partial charge in [-0.15, -0.1) is 34.2 Å². The number of nitrogens with one attached hydrogen (secondary N) is 2. The standard InChI is InChI=1S/C18H22N6O.HI/c1-19-18(20-11-10-14-7-3-4-8-15(14)25-2)21-13-17-23-22-16-9-5-6-12-24(16)17;/h3-9,12H,10-11,13H2,1-2H3,(H2,19,20,21);1H. The van der Waals surface area contributed by atoms with Crippen molar-refractivity contribution in [1.29, 1.82) is 0 Å². The summed E-state index contributed by atoms with van der Waals surface area (Å²) in [6, 6.07) is 13.9. The molecule has 0 unspecified atom stereocenters. The maximum atomic E-state index is 5.37. The molecule has 1 aromatic carbocycles. The van der Waals surface area contributed by atoms with E-state index in [9.17, 15) is 0 Å². The molecule has 3 aromatic rings. The first kappa shape index (κ1) is 20.0. The van der Waals surface area contributed by atoms with Crippen LogP contribution in [0.15, 0.2) is 53.7 Å². The first-order valence-electron chi connectivity index (χ1n) is 8.17. The third kappa shape index (κ3) is 4.84. The van der Waals surface area contributed by atoms with Gasteiger partial charge in [-0.05, 0) is 30.2 Å². The van der Waals surface area contributed by atoms with E-state index in [0.717, 1.165) is 41.7 Å². The Bertz CT molecular complexity index is 864. The summed E-state index contributed by atoms with van der Waals surface area (Å²) in [6.45, 7) is 1.29. The highest BCUT2D eigenvalue weighted by Gasteiger charge is 2.06. The molecule has 0 radical (unpaired) electrons. The normalized spacial score (nSPS) is 11.1. The number of para-hydroxylation sites is 1. The molecule has 0 fully saturated rings. The lowest BCUT2D eigenvalue weighted by atomic mass is 10.1. The Kier molecular flexibility index (Phi) is 7.64. The minimum Gasteiger partial charge on any atom is -0.496 e. The van der Waals surface area contributed by atoms with Gasteiger partial charge in [-0.25, -0.2) is 0 Å². The number of nitrogens with zero attached hydrogens (tertiary/aromatic N) is 4. The molecule has 2 N–H and O–H groups in total. The van der Waals surface area contributed by atoms with Crippen molar-refractivity contribution >= 4 is 35.6 Å². The van der Waals surface area contributed by atoms with Gasteiger partial charge in [0, 0.05) is 19.8 Å². The maximum Gasteiger partial charge on any atom is 0.191 e. The van der Waals surface area contributed by atoms with Crippen molar-refractivity contribution in [1.82, 2.24) is 25.2 Å². The summed E-state index contributed by atoms with van der Waals surface area (Å²) in [5.74, 6) is 2.47. The van der Waals surface area contributed by atoms with Crippen molar-refractivity contribution in [3.8, 4) is 5.75 Å². The number of pyridine rings is 1. The van der Waals surface area contributed by atoms with Crippen molar-refractivity contribution in [3.63, 3.8) is 0 Å². The van der Waals surface area contributed by atoms with Crippen LogP contribution < -0.4 is 15.4 Å². The highest BCUT2D eigenvalue weighted by Crippen LogP contribution is 2.17. The van der Waals surface area contributed by atoms with Crippen LogP contribution in [-0.4, -0.2) is 41.3 Å². The average Bonchev–Trinajstić information content (AvgIpc) is 3.08. The summed E-state index contributed by atoms with van der Waals surface area (Å²) < 4.78 is 7.33. The third-order valence-electron chi connectivity index (χ3n) is 3.90. The Balaban J connectivity index is 0.00000243. The second-order valence-electron chi connectivity index (χ2n) is 5.46. The molecule has 2 aromatic heterocycles. The van der Waals surface area contributed by atoms with E-state index < -0.39 is 0 Å². The van der Waals surface area contributed by atoms with Crippen molar-refractivity contribution in [2.75, 3.05) is 20.7 Å². The monoisotopic (exact) mass is 466 g/mol. The van der Waals surface area contributed by atoms with Crippen LogP contribution in [-0.2, 0) is 13.0 Å². The van der Waals surface area contributed by atoms with E-state index in [-0.39, 0.29) is 24.0 Å². The SMILES string of the molecule is CN=C(NCCc1ccccc1OC)NCc1nnc2ccccn12.I. The highest BCUT2D eigenvalue weighted by molar-refractivity contribution is 14.0. The van der Waals surface area contributed by atoms with Gasteiger partial charge in [-0.3, -0.25) is 9.39 Å². The molecular weight excluding hydrogens is 443 g/mol. The first-order valence-corrected chi connectivity index (χ1v) is 8.17. The van der Waals surface area contributed by atoms with E-state index in [4.69, 9.17) is 4.74 Å². The van der Waals surface area contributed by atoms with Crippen LogP contribution in [0.5, 0.6) is 5.75 Å². The summed E-state index contributed by atoms with van der Waals surface area (Å²) in [5, 5.41) is 14.9. The molecule has 7 nitrogen and oxygen atoms in total. The molecule has 138 valence electrons. The molecule has 0 aliphatic rings. The lowest BCUT2D eigenvalue weighted by Gasteiger charge is -2.12. The molecule has 8 heteroatoms. The molecule has 0 spiro atoms. The van der Waals surface area contributed by atoms with Crippen molar-refractivity contribution in [3.05, 3.63) is 60.0 Å². The van der Waals surface area contributed by atoms with E-state index >= 15 is 0 Å². The van der Waals surface area contributed by atoms with Crippen molar-refractivity contribution in [2.24, 2.45) is 4.99 Å². The predicted molar refractivity (Wildman–Crippen MR) is 113 cm³/mol. The van der Waals surface area contributed by atoms with Crippen LogP contribution in [0.2, 0.25) is 0 Å². The summed E-state index contributed by atoms with van der Waals surface area (Å²) >= 11 is 0. The molecule has 0 aliphatic heterocycles. The Morgan fingerprint density at radius 2 is 1.92 bits per heavy atom. The fraction of sp³-hybridized carbons (Fsp3) is 0.278. The van der Waals surface area contributed by atoms with Crippen LogP contribution in [0, 0.1) is 0 Å². The second-order valence-corrected chi connectivity index (χ2v) is 5.46. The maximum absolute atomic E-state index is 5.37. The van der Waals surface area contributed by atoms with E-state index in [1.807, 2.05) is 47.0 Å². The number of guanidine groups is 1. The lowest BCUT2D eigenvalue weighted by molar-refractivity contribution is 0.409. The highest BCUT2D eigenvalue weighted by atomic mass is 127. The Morgan fingerprint density at radius 1 is 1.12 bits per heavy atom. The van der Waals surface area contributed by atoms with Gasteiger partial charge < -0.3 is 15.4 Å². The summed E-state index contributed by atoms with van der Waals surface area (Å²) in [6.07, 6.45) is 2.79. The van der Waals surface area contributed by atoms with Crippen LogP contribution in [0.1, 0.15) is 11.4 Å². The number of hydrogen-bond acceptors (Lipinski definition) is 4. The molecule has 26 heavy (non-hydrogen) atoms. The first-order chi connectivity index (χ1) is 12.3. The van der Waals surface area contributed by atoms with Crippen LogP contribution in [0.4, 0.5) is 0 Å². The largest absolute Gasteiger partial charge is 0.496 e. The lowest BCUT2D eigenvalue weighted by Crippen LogP contribution is -2.38. The van der Waals surface area contributed by atoms with E-state index in [0.29, 0.717) is 6.54 Å². The van der Waals surface area contributed by atoms with Crippen LogP contribution in [0.25, 0.3) is 5.65 Å². The van der Waals surface area contributed by atoms with Gasteiger partial charge in [0.05, 0.1) is 13.7 Å². The van der Waals surface area contributed by atoms with Crippen LogP contribution >= 0.6 is 24.0 Å². The number of aliphatic imine (C=N–C) groups is 1.